The minimum Gasteiger partial charge on any atom is -0.299 e. The fourth-order valence-electron chi connectivity index (χ4n) is 0.767. The largest absolute Gasteiger partial charge is 0.299 e. The molecule has 0 aromatic rings. The number of Topliss-reactive ketones (excluding diaryl/α,β-unsaturated/α-hetero) is 1. The van der Waals surface area contributed by atoms with Crippen molar-refractivity contribution in [1.29, 1.82) is 0 Å². The van der Waals surface area contributed by atoms with E-state index in [9.17, 15) is 4.79 Å². The van der Waals surface area contributed by atoms with E-state index in [0.717, 1.165) is 12.8 Å². The SMILES string of the molecule is CC[C@H](C)CC(=O)C(C)(C)C. The van der Waals surface area contributed by atoms with E-state index in [1.54, 1.807) is 0 Å². The van der Waals surface area contributed by atoms with Crippen molar-refractivity contribution in [2.45, 2.75) is 47.5 Å². The van der Waals surface area contributed by atoms with Gasteiger partial charge in [0.1, 0.15) is 5.78 Å². The van der Waals surface area contributed by atoms with Crippen LogP contribution in [0.1, 0.15) is 47.5 Å². The molecule has 0 N–H and O–H groups in total. The van der Waals surface area contributed by atoms with Gasteiger partial charge in [0.2, 0.25) is 0 Å². The first kappa shape index (κ1) is 10.7. The molecule has 0 amide bonds. The van der Waals surface area contributed by atoms with Gasteiger partial charge in [0.25, 0.3) is 0 Å². The standard InChI is InChI=1S/C10H20O/c1-6-8(2)7-9(11)10(3,4)5/h8H,6-7H2,1-5H3/t8-/m0/s1. The number of rotatable bonds is 3. The average Bonchev–Trinajstić information content (AvgIpc) is 1.85. The molecule has 0 aliphatic rings. The molecular formula is C10H20O. The lowest BCUT2D eigenvalue weighted by Gasteiger charge is -2.18. The Morgan fingerprint density at radius 2 is 1.82 bits per heavy atom. The molecular weight excluding hydrogens is 136 g/mol. The van der Waals surface area contributed by atoms with Crippen molar-refractivity contribution in [3.8, 4) is 0 Å². The van der Waals surface area contributed by atoms with Crippen LogP contribution in [-0.2, 0) is 4.79 Å². The molecule has 1 heteroatoms. The lowest BCUT2D eigenvalue weighted by atomic mass is 9.85. The van der Waals surface area contributed by atoms with Crippen molar-refractivity contribution in [2.75, 3.05) is 0 Å². The van der Waals surface area contributed by atoms with Crippen LogP contribution in [0.25, 0.3) is 0 Å². The molecule has 11 heavy (non-hydrogen) atoms. The van der Waals surface area contributed by atoms with E-state index in [-0.39, 0.29) is 5.41 Å². The maximum atomic E-state index is 11.4. The lowest BCUT2D eigenvalue weighted by molar-refractivity contribution is -0.127. The van der Waals surface area contributed by atoms with Crippen LogP contribution in [0.4, 0.5) is 0 Å². The Hall–Kier alpha value is -0.330. The highest BCUT2D eigenvalue weighted by Crippen LogP contribution is 2.20. The van der Waals surface area contributed by atoms with Crippen LogP contribution in [-0.4, -0.2) is 5.78 Å². The molecule has 0 bridgehead atoms. The summed E-state index contributed by atoms with van der Waals surface area (Å²) in [4.78, 5) is 11.4. The van der Waals surface area contributed by atoms with Crippen molar-refractivity contribution < 1.29 is 4.79 Å². The van der Waals surface area contributed by atoms with Crippen molar-refractivity contribution in [3.63, 3.8) is 0 Å². The third-order valence-electron chi connectivity index (χ3n) is 2.07. The van der Waals surface area contributed by atoms with Crippen molar-refractivity contribution in [3.05, 3.63) is 0 Å². The van der Waals surface area contributed by atoms with Gasteiger partial charge in [0.05, 0.1) is 0 Å². The monoisotopic (exact) mass is 156 g/mol. The van der Waals surface area contributed by atoms with Gasteiger partial charge in [-0.05, 0) is 5.92 Å². The average molecular weight is 156 g/mol. The molecule has 0 unspecified atom stereocenters. The normalized spacial score (nSPS) is 14.6. The van der Waals surface area contributed by atoms with Gasteiger partial charge in [-0.25, -0.2) is 0 Å². The van der Waals surface area contributed by atoms with Gasteiger partial charge in [-0.15, -0.1) is 0 Å². The van der Waals surface area contributed by atoms with Gasteiger partial charge in [-0.2, -0.15) is 0 Å². The second-order valence-electron chi connectivity index (χ2n) is 4.39. The summed E-state index contributed by atoms with van der Waals surface area (Å²) in [5.74, 6) is 0.925. The van der Waals surface area contributed by atoms with Crippen molar-refractivity contribution in [2.24, 2.45) is 11.3 Å². The number of hydrogen-bond donors (Lipinski definition) is 0. The minimum absolute atomic E-state index is 0.149. The summed E-state index contributed by atoms with van der Waals surface area (Å²) in [5, 5.41) is 0. The van der Waals surface area contributed by atoms with Gasteiger partial charge in [-0.1, -0.05) is 41.0 Å². The molecule has 0 aromatic carbocycles. The Labute approximate surface area is 70.2 Å². The molecule has 0 saturated heterocycles. The molecule has 1 atom stereocenters. The van der Waals surface area contributed by atoms with Gasteiger partial charge >= 0.3 is 0 Å². The molecule has 0 radical (unpaired) electrons. The Balaban J connectivity index is 3.88. The molecule has 0 aliphatic heterocycles. The first-order valence-corrected chi connectivity index (χ1v) is 4.41. The molecule has 0 fully saturated rings. The highest BCUT2D eigenvalue weighted by Gasteiger charge is 2.21. The van der Waals surface area contributed by atoms with Gasteiger partial charge in [0, 0.05) is 11.8 Å². The molecule has 66 valence electrons. The molecule has 0 rings (SSSR count). The summed E-state index contributed by atoms with van der Waals surface area (Å²) >= 11 is 0. The van der Waals surface area contributed by atoms with Crippen LogP contribution < -0.4 is 0 Å². The van der Waals surface area contributed by atoms with E-state index >= 15 is 0 Å². The van der Waals surface area contributed by atoms with E-state index in [2.05, 4.69) is 13.8 Å². The predicted molar refractivity (Wildman–Crippen MR) is 48.5 cm³/mol. The van der Waals surface area contributed by atoms with E-state index in [0.29, 0.717) is 11.7 Å². The Morgan fingerprint density at radius 1 is 1.36 bits per heavy atom. The van der Waals surface area contributed by atoms with Crippen LogP contribution >= 0.6 is 0 Å². The maximum Gasteiger partial charge on any atom is 0.138 e. The van der Waals surface area contributed by atoms with Gasteiger partial charge in [0.15, 0.2) is 0 Å². The zero-order valence-electron chi connectivity index (χ0n) is 8.40. The van der Waals surface area contributed by atoms with E-state index in [4.69, 9.17) is 0 Å². The van der Waals surface area contributed by atoms with Crippen LogP contribution in [0.15, 0.2) is 0 Å². The molecule has 1 nitrogen and oxygen atoms in total. The zero-order chi connectivity index (χ0) is 9.07. The summed E-state index contributed by atoms with van der Waals surface area (Å²) in [6, 6.07) is 0. The highest BCUT2D eigenvalue weighted by atomic mass is 16.1. The first-order valence-electron chi connectivity index (χ1n) is 4.41. The summed E-state index contributed by atoms with van der Waals surface area (Å²) in [5.41, 5.74) is -0.149. The summed E-state index contributed by atoms with van der Waals surface area (Å²) in [6.07, 6.45) is 1.84. The molecule has 0 spiro atoms. The molecule has 0 aliphatic carbocycles. The van der Waals surface area contributed by atoms with Crippen molar-refractivity contribution >= 4 is 5.78 Å². The second kappa shape index (κ2) is 3.89. The maximum absolute atomic E-state index is 11.4. The predicted octanol–water partition coefficient (Wildman–Crippen LogP) is 3.04. The fourth-order valence-corrected chi connectivity index (χ4v) is 0.767. The number of ketones is 1. The van der Waals surface area contributed by atoms with Crippen LogP contribution in [0.5, 0.6) is 0 Å². The highest BCUT2D eigenvalue weighted by molar-refractivity contribution is 5.83. The van der Waals surface area contributed by atoms with E-state index in [1.807, 2.05) is 20.8 Å². The smallest absolute Gasteiger partial charge is 0.138 e. The second-order valence-corrected chi connectivity index (χ2v) is 4.39. The fraction of sp³-hybridized carbons (Fsp3) is 0.900. The van der Waals surface area contributed by atoms with E-state index in [1.165, 1.54) is 0 Å². The van der Waals surface area contributed by atoms with E-state index < -0.39 is 0 Å². The van der Waals surface area contributed by atoms with Gasteiger partial charge in [-0.3, -0.25) is 4.79 Å². The number of hydrogen-bond acceptors (Lipinski definition) is 1. The summed E-state index contributed by atoms with van der Waals surface area (Å²) < 4.78 is 0. The number of carbonyl (C=O) groups is 1. The Morgan fingerprint density at radius 3 is 2.09 bits per heavy atom. The molecule has 0 aromatic heterocycles. The van der Waals surface area contributed by atoms with Crippen molar-refractivity contribution in [1.82, 2.24) is 0 Å². The Bertz CT molecular complexity index is 130. The molecule has 0 saturated carbocycles. The van der Waals surface area contributed by atoms with Crippen LogP contribution in [0, 0.1) is 11.3 Å². The van der Waals surface area contributed by atoms with Gasteiger partial charge < -0.3 is 0 Å². The van der Waals surface area contributed by atoms with Crippen LogP contribution in [0.2, 0.25) is 0 Å². The van der Waals surface area contributed by atoms with Crippen LogP contribution in [0.3, 0.4) is 0 Å². The Kier molecular flexibility index (Phi) is 3.77. The third kappa shape index (κ3) is 4.18. The molecule has 0 heterocycles. The summed E-state index contributed by atoms with van der Waals surface area (Å²) in [7, 11) is 0. The topological polar surface area (TPSA) is 17.1 Å². The lowest BCUT2D eigenvalue weighted by Crippen LogP contribution is -2.21. The summed E-state index contributed by atoms with van der Waals surface area (Å²) in [6.45, 7) is 10.2. The number of carbonyl (C=O) groups excluding carboxylic acids is 1. The minimum atomic E-state index is -0.149. The zero-order valence-corrected chi connectivity index (χ0v) is 8.40. The quantitative estimate of drug-likeness (QED) is 0.614. The third-order valence-corrected chi connectivity index (χ3v) is 2.07. The first-order chi connectivity index (χ1) is 4.88.